The molecule has 0 aromatic rings. The van der Waals surface area contributed by atoms with Gasteiger partial charge in [0, 0.05) is 6.54 Å². The summed E-state index contributed by atoms with van der Waals surface area (Å²) in [6.45, 7) is 9.70. The normalized spacial score (nSPS) is 14.6. The van der Waals surface area contributed by atoms with Crippen LogP contribution in [0.25, 0.3) is 0 Å². The van der Waals surface area contributed by atoms with Gasteiger partial charge in [-0.2, -0.15) is 0 Å². The van der Waals surface area contributed by atoms with E-state index in [4.69, 9.17) is 0 Å². The van der Waals surface area contributed by atoms with Crippen LogP contribution in [0.2, 0.25) is 0 Å². The van der Waals surface area contributed by atoms with Gasteiger partial charge >= 0.3 is 0 Å². The standard InChI is InChI=1S/C11H21N/c1-6-10(3)11(4)7-9(2)8-12-5/h7,12H,6,8H2,1-5H3/b9-7-,11-10-. The Morgan fingerprint density at radius 1 is 1.25 bits per heavy atom. The van der Waals surface area contributed by atoms with Crippen molar-refractivity contribution < 1.29 is 0 Å². The van der Waals surface area contributed by atoms with Crippen LogP contribution in [0.4, 0.5) is 0 Å². The largest absolute Gasteiger partial charge is 0.316 e. The SMILES string of the molecule is CC/C(C)=C(C)\C=C(\C)CNC. The van der Waals surface area contributed by atoms with Crippen molar-refractivity contribution in [3.63, 3.8) is 0 Å². The van der Waals surface area contributed by atoms with Crippen LogP contribution >= 0.6 is 0 Å². The molecule has 0 unspecified atom stereocenters. The lowest BCUT2D eigenvalue weighted by molar-refractivity contribution is 0.878. The first kappa shape index (κ1) is 11.4. The van der Waals surface area contributed by atoms with Crippen molar-refractivity contribution in [3.8, 4) is 0 Å². The third-order valence-electron chi connectivity index (χ3n) is 2.12. The van der Waals surface area contributed by atoms with E-state index in [0.29, 0.717) is 0 Å². The van der Waals surface area contributed by atoms with Gasteiger partial charge in [0.2, 0.25) is 0 Å². The Kier molecular flexibility index (Phi) is 5.73. The maximum Gasteiger partial charge on any atom is 0.0162 e. The number of hydrogen-bond acceptors (Lipinski definition) is 1. The summed E-state index contributed by atoms with van der Waals surface area (Å²) in [4.78, 5) is 0. The molecular weight excluding hydrogens is 146 g/mol. The molecule has 1 N–H and O–H groups in total. The second kappa shape index (κ2) is 6.01. The lowest BCUT2D eigenvalue weighted by atomic mass is 10.1. The lowest BCUT2D eigenvalue weighted by Gasteiger charge is -2.03. The van der Waals surface area contributed by atoms with Crippen molar-refractivity contribution in [2.75, 3.05) is 13.6 Å². The highest BCUT2D eigenvalue weighted by atomic mass is 14.8. The maximum atomic E-state index is 3.14. The third kappa shape index (κ3) is 4.35. The number of allylic oxidation sites excluding steroid dienone is 3. The van der Waals surface area contributed by atoms with Crippen LogP contribution in [0, 0.1) is 0 Å². The van der Waals surface area contributed by atoms with Crippen molar-refractivity contribution in [1.82, 2.24) is 5.32 Å². The quantitative estimate of drug-likeness (QED) is 0.635. The Hall–Kier alpha value is -0.560. The van der Waals surface area contributed by atoms with Crippen LogP contribution in [0.3, 0.4) is 0 Å². The van der Waals surface area contributed by atoms with Crippen molar-refractivity contribution in [1.29, 1.82) is 0 Å². The summed E-state index contributed by atoms with van der Waals surface area (Å²) < 4.78 is 0. The number of rotatable bonds is 4. The zero-order chi connectivity index (χ0) is 9.56. The number of hydrogen-bond donors (Lipinski definition) is 1. The molecule has 0 heterocycles. The average molecular weight is 167 g/mol. The molecule has 0 saturated heterocycles. The van der Waals surface area contributed by atoms with Gasteiger partial charge in [-0.05, 0) is 34.2 Å². The molecule has 1 heteroatoms. The lowest BCUT2D eigenvalue weighted by Crippen LogP contribution is -2.08. The molecule has 0 amide bonds. The van der Waals surface area contributed by atoms with Gasteiger partial charge in [-0.15, -0.1) is 0 Å². The zero-order valence-corrected chi connectivity index (χ0v) is 8.99. The van der Waals surface area contributed by atoms with Crippen molar-refractivity contribution in [3.05, 3.63) is 22.8 Å². The van der Waals surface area contributed by atoms with E-state index in [0.717, 1.165) is 13.0 Å². The molecule has 70 valence electrons. The Morgan fingerprint density at radius 3 is 2.25 bits per heavy atom. The van der Waals surface area contributed by atoms with Gasteiger partial charge in [0.05, 0.1) is 0 Å². The average Bonchev–Trinajstić information content (AvgIpc) is 2.03. The molecule has 1 nitrogen and oxygen atoms in total. The monoisotopic (exact) mass is 167 g/mol. The van der Waals surface area contributed by atoms with Gasteiger partial charge in [0.1, 0.15) is 0 Å². The molecule has 0 saturated carbocycles. The second-order valence-electron chi connectivity index (χ2n) is 3.34. The van der Waals surface area contributed by atoms with Crippen LogP contribution in [-0.4, -0.2) is 13.6 Å². The molecule has 0 radical (unpaired) electrons. The molecule has 0 aliphatic rings. The van der Waals surface area contributed by atoms with Crippen LogP contribution in [0.1, 0.15) is 34.1 Å². The summed E-state index contributed by atoms with van der Waals surface area (Å²) >= 11 is 0. The Bertz CT molecular complexity index is 187. The van der Waals surface area contributed by atoms with Gasteiger partial charge in [0.25, 0.3) is 0 Å². The Labute approximate surface area is 76.6 Å². The van der Waals surface area contributed by atoms with Crippen molar-refractivity contribution >= 4 is 0 Å². The Morgan fingerprint density at radius 2 is 1.83 bits per heavy atom. The van der Waals surface area contributed by atoms with E-state index in [1.165, 1.54) is 16.7 Å². The van der Waals surface area contributed by atoms with Gasteiger partial charge in [-0.3, -0.25) is 0 Å². The van der Waals surface area contributed by atoms with Crippen molar-refractivity contribution in [2.24, 2.45) is 0 Å². The highest BCUT2D eigenvalue weighted by molar-refractivity contribution is 5.25. The summed E-state index contributed by atoms with van der Waals surface area (Å²) in [5, 5.41) is 3.14. The maximum absolute atomic E-state index is 3.14. The predicted octanol–water partition coefficient (Wildman–Crippen LogP) is 2.90. The molecule has 0 bridgehead atoms. The summed E-state index contributed by atoms with van der Waals surface area (Å²) in [5.74, 6) is 0. The molecule has 0 aromatic heterocycles. The zero-order valence-electron chi connectivity index (χ0n) is 8.99. The molecule has 12 heavy (non-hydrogen) atoms. The molecule has 0 aliphatic carbocycles. The van der Waals surface area contributed by atoms with E-state index < -0.39 is 0 Å². The summed E-state index contributed by atoms with van der Waals surface area (Å²) in [6.07, 6.45) is 3.41. The van der Waals surface area contributed by atoms with Gasteiger partial charge in [-0.1, -0.05) is 29.7 Å². The van der Waals surface area contributed by atoms with Crippen molar-refractivity contribution in [2.45, 2.75) is 34.1 Å². The summed E-state index contributed by atoms with van der Waals surface area (Å²) in [5.41, 5.74) is 4.28. The van der Waals surface area contributed by atoms with Crippen LogP contribution in [0.5, 0.6) is 0 Å². The van der Waals surface area contributed by atoms with E-state index in [9.17, 15) is 0 Å². The van der Waals surface area contributed by atoms with Gasteiger partial charge < -0.3 is 5.32 Å². The predicted molar refractivity (Wildman–Crippen MR) is 56.3 cm³/mol. The second-order valence-corrected chi connectivity index (χ2v) is 3.34. The van der Waals surface area contributed by atoms with E-state index >= 15 is 0 Å². The first-order chi connectivity index (χ1) is 5.61. The Balaban J connectivity index is 4.31. The molecule has 0 rings (SSSR count). The fraction of sp³-hybridized carbons (Fsp3) is 0.636. The van der Waals surface area contributed by atoms with Crippen LogP contribution in [-0.2, 0) is 0 Å². The minimum Gasteiger partial charge on any atom is -0.316 e. The molecule has 0 spiro atoms. The molecule has 0 aromatic carbocycles. The third-order valence-corrected chi connectivity index (χ3v) is 2.12. The van der Waals surface area contributed by atoms with E-state index in [2.05, 4.69) is 39.1 Å². The van der Waals surface area contributed by atoms with Crippen LogP contribution in [0.15, 0.2) is 22.8 Å². The molecule has 0 atom stereocenters. The minimum absolute atomic E-state index is 0.980. The van der Waals surface area contributed by atoms with E-state index in [1.807, 2.05) is 7.05 Å². The van der Waals surface area contributed by atoms with E-state index in [1.54, 1.807) is 0 Å². The van der Waals surface area contributed by atoms with Gasteiger partial charge in [-0.25, -0.2) is 0 Å². The fourth-order valence-corrected chi connectivity index (χ4v) is 1.10. The first-order valence-electron chi connectivity index (χ1n) is 4.60. The fourth-order valence-electron chi connectivity index (χ4n) is 1.10. The summed E-state index contributed by atoms with van der Waals surface area (Å²) in [7, 11) is 1.98. The highest BCUT2D eigenvalue weighted by Gasteiger charge is 1.92. The molecule has 0 fully saturated rings. The smallest absolute Gasteiger partial charge is 0.0162 e. The minimum atomic E-state index is 0.980. The molecule has 0 aliphatic heterocycles. The molecular formula is C11H21N. The highest BCUT2D eigenvalue weighted by Crippen LogP contribution is 2.10. The van der Waals surface area contributed by atoms with Gasteiger partial charge in [0.15, 0.2) is 0 Å². The van der Waals surface area contributed by atoms with Crippen LogP contribution < -0.4 is 5.32 Å². The first-order valence-corrected chi connectivity index (χ1v) is 4.60. The number of likely N-dealkylation sites (N-methyl/N-ethyl adjacent to an activating group) is 1. The number of nitrogens with one attached hydrogen (secondary N) is 1. The topological polar surface area (TPSA) is 12.0 Å². The summed E-state index contributed by atoms with van der Waals surface area (Å²) in [6, 6.07) is 0. The van der Waals surface area contributed by atoms with E-state index in [-0.39, 0.29) is 0 Å².